The Bertz CT molecular complexity index is 346. The quantitative estimate of drug-likeness (QED) is 0.773. The number of alkyl halides is 1. The summed E-state index contributed by atoms with van der Waals surface area (Å²) in [5.41, 5.74) is -0.662. The highest BCUT2D eigenvalue weighted by atomic mass is 35.5. The minimum absolute atomic E-state index is 0.137. The second kappa shape index (κ2) is 4.68. The molecule has 0 aliphatic rings. The van der Waals surface area contributed by atoms with Crippen LogP contribution >= 0.6 is 11.6 Å². The van der Waals surface area contributed by atoms with E-state index in [4.69, 9.17) is 21.1 Å². The molecular weight excluding hydrogens is 218 g/mol. The molecule has 1 amide bonds. The fourth-order valence-corrected chi connectivity index (χ4v) is 1.12. The Morgan fingerprint density at radius 3 is 2.73 bits per heavy atom. The number of halogens is 1. The molecular formula is C10H14ClNO3. The number of aliphatic hydroxyl groups is 1. The number of aliphatic hydroxyl groups excluding tert-OH is 1. The molecule has 0 spiro atoms. The number of furan rings is 1. The van der Waals surface area contributed by atoms with Gasteiger partial charge in [0.05, 0.1) is 18.0 Å². The lowest BCUT2D eigenvalue weighted by molar-refractivity contribution is 0.0840. The van der Waals surface area contributed by atoms with Gasteiger partial charge in [-0.1, -0.05) is 0 Å². The first-order chi connectivity index (χ1) is 6.98. The number of carbonyl (C=O) groups is 1. The molecule has 84 valence electrons. The molecule has 0 fully saturated rings. The maximum absolute atomic E-state index is 11.6. The molecule has 0 aliphatic heterocycles. The van der Waals surface area contributed by atoms with E-state index in [1.54, 1.807) is 26.0 Å². The second-order valence-corrected chi connectivity index (χ2v) is 4.16. The maximum atomic E-state index is 11.6. The highest BCUT2D eigenvalue weighted by Crippen LogP contribution is 2.11. The predicted octanol–water partition coefficient (Wildman–Crippen LogP) is 1.52. The van der Waals surface area contributed by atoms with Crippen LogP contribution in [0.5, 0.6) is 0 Å². The number of carbonyl (C=O) groups excluding carboxylic acids is 1. The van der Waals surface area contributed by atoms with Crippen molar-refractivity contribution in [3.63, 3.8) is 0 Å². The molecule has 0 aromatic carbocycles. The lowest BCUT2D eigenvalue weighted by atomic mass is 10.1. The van der Waals surface area contributed by atoms with Gasteiger partial charge in [0, 0.05) is 0 Å². The SMILES string of the molecule is CC(C)(CO)NC(=O)c1ccc(CCl)o1. The zero-order valence-electron chi connectivity index (χ0n) is 8.71. The average molecular weight is 232 g/mol. The normalized spacial score (nSPS) is 11.5. The van der Waals surface area contributed by atoms with Crippen molar-refractivity contribution in [3.05, 3.63) is 23.7 Å². The molecule has 5 heteroatoms. The van der Waals surface area contributed by atoms with E-state index in [0.717, 1.165) is 0 Å². The van der Waals surface area contributed by atoms with Crippen LogP contribution < -0.4 is 5.32 Å². The van der Waals surface area contributed by atoms with Crippen LogP contribution in [0.1, 0.15) is 30.2 Å². The molecule has 1 heterocycles. The van der Waals surface area contributed by atoms with Gasteiger partial charge in [-0.25, -0.2) is 0 Å². The molecule has 0 saturated carbocycles. The van der Waals surface area contributed by atoms with Gasteiger partial charge in [0.1, 0.15) is 5.76 Å². The summed E-state index contributed by atoms with van der Waals surface area (Å²) in [6, 6.07) is 3.20. The molecule has 1 rings (SSSR count). The summed E-state index contributed by atoms with van der Waals surface area (Å²) in [7, 11) is 0. The summed E-state index contributed by atoms with van der Waals surface area (Å²) in [4.78, 5) is 11.6. The van der Waals surface area contributed by atoms with Gasteiger partial charge in [-0.05, 0) is 26.0 Å². The molecule has 1 aromatic rings. The van der Waals surface area contributed by atoms with Crippen molar-refractivity contribution in [2.24, 2.45) is 0 Å². The Morgan fingerprint density at radius 2 is 2.27 bits per heavy atom. The minimum atomic E-state index is -0.662. The van der Waals surface area contributed by atoms with Gasteiger partial charge in [0.25, 0.3) is 5.91 Å². The van der Waals surface area contributed by atoms with Gasteiger partial charge in [0.15, 0.2) is 5.76 Å². The summed E-state index contributed by atoms with van der Waals surface area (Å²) in [6.45, 7) is 3.30. The molecule has 0 radical (unpaired) electrons. The monoisotopic (exact) mass is 231 g/mol. The topological polar surface area (TPSA) is 62.5 Å². The molecule has 0 aliphatic carbocycles. The zero-order valence-corrected chi connectivity index (χ0v) is 9.47. The highest BCUT2D eigenvalue weighted by Gasteiger charge is 2.21. The number of hydrogen-bond acceptors (Lipinski definition) is 3. The Balaban J connectivity index is 2.69. The van der Waals surface area contributed by atoms with Gasteiger partial charge in [0.2, 0.25) is 0 Å². The lowest BCUT2D eigenvalue weighted by Crippen LogP contribution is -2.46. The van der Waals surface area contributed by atoms with E-state index >= 15 is 0 Å². The van der Waals surface area contributed by atoms with Crippen LogP contribution in [0.25, 0.3) is 0 Å². The molecule has 1 aromatic heterocycles. The van der Waals surface area contributed by atoms with E-state index in [1.807, 2.05) is 0 Å². The van der Waals surface area contributed by atoms with Crippen molar-refractivity contribution >= 4 is 17.5 Å². The van der Waals surface area contributed by atoms with E-state index in [9.17, 15) is 4.79 Å². The third-order valence-corrected chi connectivity index (χ3v) is 2.13. The first kappa shape index (κ1) is 12.1. The zero-order chi connectivity index (χ0) is 11.5. The fourth-order valence-electron chi connectivity index (χ4n) is 0.980. The van der Waals surface area contributed by atoms with Crippen LogP contribution in [0.4, 0.5) is 0 Å². The van der Waals surface area contributed by atoms with Crippen molar-refractivity contribution in [1.82, 2.24) is 5.32 Å². The summed E-state index contributed by atoms with van der Waals surface area (Å²) in [5.74, 6) is 0.623. The van der Waals surface area contributed by atoms with Crippen LogP contribution in [-0.2, 0) is 5.88 Å². The van der Waals surface area contributed by atoms with Crippen molar-refractivity contribution in [3.8, 4) is 0 Å². The largest absolute Gasteiger partial charge is 0.455 e. The van der Waals surface area contributed by atoms with E-state index in [2.05, 4.69) is 5.32 Å². The van der Waals surface area contributed by atoms with Gasteiger partial charge in [-0.3, -0.25) is 4.79 Å². The van der Waals surface area contributed by atoms with E-state index in [-0.39, 0.29) is 24.2 Å². The van der Waals surface area contributed by atoms with Crippen molar-refractivity contribution < 1.29 is 14.3 Å². The van der Waals surface area contributed by atoms with E-state index in [1.165, 1.54) is 0 Å². The fraction of sp³-hybridized carbons (Fsp3) is 0.500. The average Bonchev–Trinajstić information content (AvgIpc) is 2.65. The molecule has 15 heavy (non-hydrogen) atoms. The number of rotatable bonds is 4. The first-order valence-electron chi connectivity index (χ1n) is 4.56. The minimum Gasteiger partial charge on any atom is -0.455 e. The lowest BCUT2D eigenvalue weighted by Gasteiger charge is -2.22. The van der Waals surface area contributed by atoms with E-state index in [0.29, 0.717) is 5.76 Å². The van der Waals surface area contributed by atoms with Crippen LogP contribution in [0, 0.1) is 0 Å². The third kappa shape index (κ3) is 3.25. The van der Waals surface area contributed by atoms with Crippen LogP contribution in [0.3, 0.4) is 0 Å². The molecule has 2 N–H and O–H groups in total. The Kier molecular flexibility index (Phi) is 3.77. The van der Waals surface area contributed by atoms with E-state index < -0.39 is 5.54 Å². The highest BCUT2D eigenvalue weighted by molar-refractivity contribution is 6.16. The predicted molar refractivity (Wildman–Crippen MR) is 56.9 cm³/mol. The van der Waals surface area contributed by atoms with Gasteiger partial charge in [-0.2, -0.15) is 0 Å². The van der Waals surface area contributed by atoms with Crippen molar-refractivity contribution in [2.45, 2.75) is 25.3 Å². The second-order valence-electron chi connectivity index (χ2n) is 3.90. The van der Waals surface area contributed by atoms with Crippen LogP contribution in [-0.4, -0.2) is 23.2 Å². The standard InChI is InChI=1S/C10H14ClNO3/c1-10(2,6-13)12-9(14)8-4-3-7(5-11)15-8/h3-4,13H,5-6H2,1-2H3,(H,12,14). The smallest absolute Gasteiger partial charge is 0.287 e. The van der Waals surface area contributed by atoms with Crippen LogP contribution in [0.2, 0.25) is 0 Å². The molecule has 0 unspecified atom stereocenters. The molecule has 0 bridgehead atoms. The van der Waals surface area contributed by atoms with Crippen LogP contribution in [0.15, 0.2) is 16.5 Å². The third-order valence-electron chi connectivity index (χ3n) is 1.86. The molecule has 0 saturated heterocycles. The van der Waals surface area contributed by atoms with Gasteiger partial charge in [-0.15, -0.1) is 11.6 Å². The number of hydrogen-bond donors (Lipinski definition) is 2. The Labute approximate surface area is 93.2 Å². The Hall–Kier alpha value is -1.00. The number of amides is 1. The maximum Gasteiger partial charge on any atom is 0.287 e. The van der Waals surface area contributed by atoms with Gasteiger partial charge >= 0.3 is 0 Å². The summed E-state index contributed by atoms with van der Waals surface area (Å²) in [6.07, 6.45) is 0. The summed E-state index contributed by atoms with van der Waals surface area (Å²) >= 11 is 5.54. The van der Waals surface area contributed by atoms with Crippen molar-refractivity contribution in [1.29, 1.82) is 0 Å². The first-order valence-corrected chi connectivity index (χ1v) is 5.10. The summed E-state index contributed by atoms with van der Waals surface area (Å²) < 4.78 is 5.16. The number of nitrogens with one attached hydrogen (secondary N) is 1. The Morgan fingerprint density at radius 1 is 1.60 bits per heavy atom. The van der Waals surface area contributed by atoms with Crippen molar-refractivity contribution in [2.75, 3.05) is 6.61 Å². The summed E-state index contributed by atoms with van der Waals surface area (Å²) in [5, 5.41) is 11.6. The molecule has 4 nitrogen and oxygen atoms in total. The molecule has 0 atom stereocenters. The van der Waals surface area contributed by atoms with Gasteiger partial charge < -0.3 is 14.8 Å².